The smallest absolute Gasteiger partial charge is 0.326 e. The number of hydrogen-bond acceptors (Lipinski definition) is 2. The van der Waals surface area contributed by atoms with E-state index >= 15 is 0 Å². The van der Waals surface area contributed by atoms with Gasteiger partial charge in [-0.2, -0.15) is 0 Å². The Morgan fingerprint density at radius 1 is 1.30 bits per heavy atom. The van der Waals surface area contributed by atoms with Gasteiger partial charge in [-0.1, -0.05) is 37.3 Å². The molecule has 0 radical (unpaired) electrons. The summed E-state index contributed by atoms with van der Waals surface area (Å²) in [5.41, 5.74) is 0.887. The van der Waals surface area contributed by atoms with E-state index in [0.29, 0.717) is 5.92 Å². The Labute approximate surface area is 118 Å². The largest absolute Gasteiger partial charge is 0.480 e. The van der Waals surface area contributed by atoms with Gasteiger partial charge in [-0.3, -0.25) is 0 Å². The molecule has 5 nitrogen and oxygen atoms in total. The van der Waals surface area contributed by atoms with Crippen LogP contribution in [0, 0.1) is 5.92 Å². The SMILES string of the molecule is CC1CC(NC(=O)N[C@H](Cc2ccccc2)C(=O)O)C1. The molecule has 1 aromatic carbocycles. The number of aliphatic carboxylic acids is 1. The van der Waals surface area contributed by atoms with Crippen molar-refractivity contribution in [2.75, 3.05) is 0 Å². The van der Waals surface area contributed by atoms with E-state index in [0.717, 1.165) is 18.4 Å². The fourth-order valence-corrected chi connectivity index (χ4v) is 2.46. The molecule has 3 N–H and O–H groups in total. The van der Waals surface area contributed by atoms with Gasteiger partial charge in [0.25, 0.3) is 0 Å². The molecule has 1 fully saturated rings. The molecular formula is C15H20N2O3. The molecule has 5 heteroatoms. The minimum absolute atomic E-state index is 0.177. The molecule has 20 heavy (non-hydrogen) atoms. The quantitative estimate of drug-likeness (QED) is 0.767. The molecule has 0 heterocycles. The molecule has 1 saturated carbocycles. The molecular weight excluding hydrogens is 256 g/mol. The highest BCUT2D eigenvalue weighted by atomic mass is 16.4. The summed E-state index contributed by atoms with van der Waals surface area (Å²) in [6.45, 7) is 2.13. The van der Waals surface area contributed by atoms with Gasteiger partial charge in [0.2, 0.25) is 0 Å². The molecule has 0 bridgehead atoms. The first-order valence-corrected chi connectivity index (χ1v) is 6.88. The fraction of sp³-hybridized carbons (Fsp3) is 0.467. The number of nitrogens with one attached hydrogen (secondary N) is 2. The highest BCUT2D eigenvalue weighted by molar-refractivity contribution is 5.82. The summed E-state index contributed by atoms with van der Waals surface area (Å²) in [5, 5.41) is 14.5. The predicted octanol–water partition coefficient (Wildman–Crippen LogP) is 1.78. The molecule has 0 unspecified atom stereocenters. The van der Waals surface area contributed by atoms with Crippen molar-refractivity contribution in [3.63, 3.8) is 0 Å². The molecule has 108 valence electrons. The van der Waals surface area contributed by atoms with Crippen LogP contribution in [0.25, 0.3) is 0 Å². The highest BCUT2D eigenvalue weighted by Gasteiger charge is 2.28. The molecule has 0 aliphatic heterocycles. The zero-order valence-corrected chi connectivity index (χ0v) is 11.5. The van der Waals surface area contributed by atoms with Crippen molar-refractivity contribution in [2.24, 2.45) is 5.92 Å². The number of amides is 2. The number of carboxylic acids is 1. The van der Waals surface area contributed by atoms with Crippen LogP contribution in [0.1, 0.15) is 25.3 Å². The first-order chi connectivity index (χ1) is 9.54. The minimum atomic E-state index is -1.02. The van der Waals surface area contributed by atoms with Crippen molar-refractivity contribution in [3.05, 3.63) is 35.9 Å². The van der Waals surface area contributed by atoms with Gasteiger partial charge in [-0.25, -0.2) is 9.59 Å². The summed E-state index contributed by atoms with van der Waals surface area (Å²) in [7, 11) is 0. The number of carbonyl (C=O) groups excluding carboxylic acids is 1. The molecule has 0 saturated heterocycles. The lowest BCUT2D eigenvalue weighted by Crippen LogP contribution is -2.52. The van der Waals surface area contributed by atoms with Gasteiger partial charge in [0.05, 0.1) is 0 Å². The topological polar surface area (TPSA) is 78.4 Å². The first-order valence-electron chi connectivity index (χ1n) is 6.88. The van der Waals surface area contributed by atoms with Gasteiger partial charge in [-0.05, 0) is 24.3 Å². The molecule has 1 aliphatic carbocycles. The lowest BCUT2D eigenvalue weighted by Gasteiger charge is -2.33. The third kappa shape index (κ3) is 3.98. The third-order valence-corrected chi connectivity index (χ3v) is 3.60. The van der Waals surface area contributed by atoms with Gasteiger partial charge >= 0.3 is 12.0 Å². The summed E-state index contributed by atoms with van der Waals surface area (Å²) in [4.78, 5) is 23.0. The van der Waals surface area contributed by atoms with Crippen LogP contribution in [-0.4, -0.2) is 29.2 Å². The maximum absolute atomic E-state index is 11.8. The van der Waals surface area contributed by atoms with E-state index in [-0.39, 0.29) is 12.5 Å². The number of rotatable bonds is 5. The summed E-state index contributed by atoms with van der Waals surface area (Å²) >= 11 is 0. The lowest BCUT2D eigenvalue weighted by atomic mass is 9.82. The van der Waals surface area contributed by atoms with Crippen molar-refractivity contribution in [1.29, 1.82) is 0 Å². The van der Waals surface area contributed by atoms with Crippen molar-refractivity contribution in [2.45, 2.75) is 38.3 Å². The Morgan fingerprint density at radius 2 is 1.95 bits per heavy atom. The van der Waals surface area contributed by atoms with Gasteiger partial charge in [0.15, 0.2) is 0 Å². The second kappa shape index (κ2) is 6.41. The van der Waals surface area contributed by atoms with Crippen molar-refractivity contribution >= 4 is 12.0 Å². The van der Waals surface area contributed by atoms with Crippen LogP contribution in [0.5, 0.6) is 0 Å². The Morgan fingerprint density at radius 3 is 2.50 bits per heavy atom. The number of carboxylic acid groups (broad SMARTS) is 1. The van der Waals surface area contributed by atoms with E-state index in [1.807, 2.05) is 30.3 Å². The summed E-state index contributed by atoms with van der Waals surface area (Å²) in [6, 6.07) is 8.15. The minimum Gasteiger partial charge on any atom is -0.480 e. The summed E-state index contributed by atoms with van der Waals surface area (Å²) in [5.74, 6) is -0.383. The van der Waals surface area contributed by atoms with Crippen molar-refractivity contribution < 1.29 is 14.7 Å². The van der Waals surface area contributed by atoms with Crippen LogP contribution in [0.4, 0.5) is 4.79 Å². The maximum Gasteiger partial charge on any atom is 0.326 e. The van der Waals surface area contributed by atoms with E-state index in [2.05, 4.69) is 17.6 Å². The molecule has 0 spiro atoms. The van der Waals surface area contributed by atoms with E-state index in [9.17, 15) is 14.7 Å². The van der Waals surface area contributed by atoms with Crippen LogP contribution in [-0.2, 0) is 11.2 Å². The normalized spacial score (nSPS) is 22.4. The van der Waals surface area contributed by atoms with E-state index in [4.69, 9.17) is 0 Å². The van der Waals surface area contributed by atoms with Gasteiger partial charge in [0.1, 0.15) is 6.04 Å². The monoisotopic (exact) mass is 276 g/mol. The number of benzene rings is 1. The molecule has 0 aromatic heterocycles. The number of urea groups is 1. The number of carbonyl (C=O) groups is 2. The average Bonchev–Trinajstić information content (AvgIpc) is 2.37. The van der Waals surface area contributed by atoms with Crippen LogP contribution in [0.2, 0.25) is 0 Å². The van der Waals surface area contributed by atoms with E-state index < -0.39 is 18.0 Å². The summed E-state index contributed by atoms with van der Waals surface area (Å²) < 4.78 is 0. The molecule has 1 aromatic rings. The molecule has 2 amide bonds. The standard InChI is InChI=1S/C15H20N2O3/c1-10-7-12(8-10)16-15(20)17-13(14(18)19)9-11-5-3-2-4-6-11/h2-6,10,12-13H,7-9H2,1H3,(H,18,19)(H2,16,17,20)/t10?,12?,13-/m1/s1. The predicted molar refractivity (Wildman–Crippen MR) is 75.4 cm³/mol. The highest BCUT2D eigenvalue weighted by Crippen LogP contribution is 2.25. The van der Waals surface area contributed by atoms with Gasteiger partial charge in [-0.15, -0.1) is 0 Å². The summed E-state index contributed by atoms with van der Waals surface area (Å²) in [6.07, 6.45) is 2.21. The van der Waals surface area contributed by atoms with Gasteiger partial charge in [0, 0.05) is 12.5 Å². The van der Waals surface area contributed by atoms with Crippen molar-refractivity contribution in [1.82, 2.24) is 10.6 Å². The van der Waals surface area contributed by atoms with E-state index in [1.165, 1.54) is 0 Å². The molecule has 1 atom stereocenters. The fourth-order valence-electron chi connectivity index (χ4n) is 2.46. The second-order valence-corrected chi connectivity index (χ2v) is 5.47. The zero-order valence-electron chi connectivity index (χ0n) is 11.5. The van der Waals surface area contributed by atoms with Crippen LogP contribution < -0.4 is 10.6 Å². The lowest BCUT2D eigenvalue weighted by molar-refractivity contribution is -0.139. The third-order valence-electron chi connectivity index (χ3n) is 3.60. The Hall–Kier alpha value is -2.04. The Kier molecular flexibility index (Phi) is 4.61. The maximum atomic E-state index is 11.8. The molecule has 2 rings (SSSR count). The number of hydrogen-bond donors (Lipinski definition) is 3. The zero-order chi connectivity index (χ0) is 14.5. The van der Waals surface area contributed by atoms with Crippen molar-refractivity contribution in [3.8, 4) is 0 Å². The first kappa shape index (κ1) is 14.4. The Bertz CT molecular complexity index is 469. The molecule has 1 aliphatic rings. The van der Waals surface area contributed by atoms with Gasteiger partial charge < -0.3 is 15.7 Å². The average molecular weight is 276 g/mol. The Balaban J connectivity index is 1.85. The van der Waals surface area contributed by atoms with Crippen LogP contribution in [0.3, 0.4) is 0 Å². The van der Waals surface area contributed by atoms with Crippen LogP contribution >= 0.6 is 0 Å². The second-order valence-electron chi connectivity index (χ2n) is 5.47. The van der Waals surface area contributed by atoms with Crippen LogP contribution in [0.15, 0.2) is 30.3 Å². The van der Waals surface area contributed by atoms with E-state index in [1.54, 1.807) is 0 Å².